The van der Waals surface area contributed by atoms with Crippen LogP contribution < -0.4 is 9.05 Å². The second-order valence-electron chi connectivity index (χ2n) is 17.3. The minimum Gasteiger partial charge on any atom is -0.449 e. The molecule has 47 heavy (non-hydrogen) atoms. The minimum atomic E-state index is -0.103. The maximum atomic E-state index is 6.31. The summed E-state index contributed by atoms with van der Waals surface area (Å²) in [5.74, 6) is 1.77. The molecule has 0 aliphatic rings. The predicted molar refractivity (Wildman–Crippen MR) is 206 cm³/mol. The average Bonchev–Trinajstić information content (AvgIpc) is 2.93. The summed E-state index contributed by atoms with van der Waals surface area (Å²) < 4.78 is 24.9. The van der Waals surface area contributed by atoms with Crippen LogP contribution in [0.5, 0.6) is 11.5 Å². The third-order valence-corrected chi connectivity index (χ3v) is 10.3. The van der Waals surface area contributed by atoms with Crippen LogP contribution in [0.15, 0.2) is 60.7 Å². The number of benzene rings is 4. The van der Waals surface area contributed by atoms with E-state index in [0.717, 1.165) is 17.9 Å². The van der Waals surface area contributed by atoms with E-state index in [2.05, 4.69) is 158 Å². The molecule has 4 aromatic rings. The van der Waals surface area contributed by atoms with Crippen molar-refractivity contribution in [3.63, 3.8) is 0 Å². The maximum absolute atomic E-state index is 6.31. The van der Waals surface area contributed by atoms with Gasteiger partial charge < -0.3 is 18.1 Å². The van der Waals surface area contributed by atoms with E-state index in [0.29, 0.717) is 0 Å². The molecule has 6 heteroatoms. The van der Waals surface area contributed by atoms with E-state index in [1.54, 1.807) is 0 Å². The van der Waals surface area contributed by atoms with E-state index in [-0.39, 0.29) is 51.9 Å². The van der Waals surface area contributed by atoms with Gasteiger partial charge in [0.2, 0.25) is 18.1 Å². The summed E-state index contributed by atoms with van der Waals surface area (Å²) in [5.41, 5.74) is 5.13. The fraction of sp³-hybridized carbons (Fsp3) is 0.512. The summed E-state index contributed by atoms with van der Waals surface area (Å²) in [5, 5.41) is 4.85. The molecule has 0 N–H and O–H groups in total. The first-order valence-corrected chi connectivity index (χ1v) is 18.6. The van der Waals surface area contributed by atoms with Gasteiger partial charge in [0, 0.05) is 17.5 Å². The van der Waals surface area contributed by atoms with Gasteiger partial charge in [-0.3, -0.25) is 0 Å². The molecular formula is C41H58O4P2. The van der Waals surface area contributed by atoms with Crippen LogP contribution in [-0.4, -0.2) is 12.2 Å². The lowest BCUT2D eigenvalue weighted by molar-refractivity contribution is 0.143. The second-order valence-corrected chi connectivity index (χ2v) is 18.5. The van der Waals surface area contributed by atoms with Gasteiger partial charge in [0.05, 0.1) is 12.2 Å². The molecule has 0 amide bonds. The van der Waals surface area contributed by atoms with E-state index in [1.807, 2.05) is 0 Å². The van der Waals surface area contributed by atoms with Gasteiger partial charge in [-0.05, 0) is 92.4 Å². The van der Waals surface area contributed by atoms with Crippen LogP contribution in [0.4, 0.5) is 0 Å². The highest BCUT2D eigenvalue weighted by Crippen LogP contribution is 2.41. The molecule has 0 saturated heterocycles. The highest BCUT2D eigenvalue weighted by molar-refractivity contribution is 7.27. The van der Waals surface area contributed by atoms with Crippen molar-refractivity contribution in [1.82, 2.24) is 0 Å². The topological polar surface area (TPSA) is 36.9 Å². The quantitative estimate of drug-likeness (QED) is 0.157. The molecule has 4 atom stereocenters. The SMILES string of the molecule is CC(CC(C)OPOc1cc2ccc(C(C)(C)C)cc2cc1C(C)(C)C)OPOc1cc2ccc(C(C)(C)C)cc2cc1C(C)(C)C. The van der Waals surface area contributed by atoms with E-state index in [4.69, 9.17) is 18.1 Å². The van der Waals surface area contributed by atoms with E-state index in [9.17, 15) is 0 Å². The maximum Gasteiger partial charge on any atom is 0.215 e. The van der Waals surface area contributed by atoms with Crippen LogP contribution in [0, 0.1) is 0 Å². The van der Waals surface area contributed by atoms with Gasteiger partial charge in [-0.25, -0.2) is 0 Å². The molecule has 4 nitrogen and oxygen atoms in total. The van der Waals surface area contributed by atoms with Gasteiger partial charge >= 0.3 is 0 Å². The molecule has 0 bridgehead atoms. The van der Waals surface area contributed by atoms with Gasteiger partial charge in [-0.15, -0.1) is 0 Å². The van der Waals surface area contributed by atoms with Crippen molar-refractivity contribution in [2.24, 2.45) is 0 Å². The van der Waals surface area contributed by atoms with Gasteiger partial charge in [-0.1, -0.05) is 119 Å². The van der Waals surface area contributed by atoms with Crippen molar-refractivity contribution in [2.75, 3.05) is 0 Å². The normalized spacial score (nSPS) is 14.9. The van der Waals surface area contributed by atoms with Crippen LogP contribution in [-0.2, 0) is 30.7 Å². The molecular weight excluding hydrogens is 618 g/mol. The summed E-state index contributed by atoms with van der Waals surface area (Å²) in [6.45, 7) is 31.1. The monoisotopic (exact) mass is 676 g/mol. The number of fused-ring (bicyclic) bond motifs is 2. The molecule has 0 aliphatic carbocycles. The molecule has 4 unspecified atom stereocenters. The van der Waals surface area contributed by atoms with E-state index >= 15 is 0 Å². The fourth-order valence-corrected chi connectivity index (χ4v) is 6.83. The Bertz CT molecular complexity index is 1560. The molecule has 0 heterocycles. The van der Waals surface area contributed by atoms with E-state index in [1.165, 1.54) is 43.8 Å². The Morgan fingerprint density at radius 2 is 0.830 bits per heavy atom. The predicted octanol–water partition coefficient (Wildman–Crippen LogP) is 12.9. The molecule has 0 aromatic heterocycles. The second kappa shape index (κ2) is 14.3. The highest BCUT2D eigenvalue weighted by Gasteiger charge is 2.24. The van der Waals surface area contributed by atoms with Crippen molar-refractivity contribution in [2.45, 2.75) is 137 Å². The van der Waals surface area contributed by atoms with Crippen molar-refractivity contribution >= 4 is 39.6 Å². The lowest BCUT2D eigenvalue weighted by atomic mass is 9.82. The Morgan fingerprint density at radius 1 is 0.468 bits per heavy atom. The van der Waals surface area contributed by atoms with Crippen LogP contribution in [0.3, 0.4) is 0 Å². The molecule has 256 valence electrons. The third kappa shape index (κ3) is 9.92. The first-order valence-electron chi connectivity index (χ1n) is 17.0. The third-order valence-electron chi connectivity index (χ3n) is 8.69. The summed E-state index contributed by atoms with van der Waals surface area (Å²) >= 11 is 0. The van der Waals surface area contributed by atoms with Crippen molar-refractivity contribution in [3.8, 4) is 11.5 Å². The first-order chi connectivity index (χ1) is 21.6. The zero-order valence-corrected chi connectivity index (χ0v) is 33.3. The van der Waals surface area contributed by atoms with Crippen LogP contribution >= 0.6 is 18.1 Å². The molecule has 0 saturated carbocycles. The number of hydrogen-bond acceptors (Lipinski definition) is 4. The van der Waals surface area contributed by atoms with Gasteiger partial charge in [-0.2, -0.15) is 0 Å². The first kappa shape index (κ1) is 37.6. The van der Waals surface area contributed by atoms with Crippen LogP contribution in [0.25, 0.3) is 21.5 Å². The summed E-state index contributed by atoms with van der Waals surface area (Å²) in [4.78, 5) is 0. The standard InChI is InChI=1S/C41H58O4P2/c1-26(42-46-44-36-24-28-15-17-32(38(3,4)5)20-30(28)22-34(36)40(9,10)11)19-27(2)43-47-45-37-25-29-16-18-33(39(6,7)8)21-31(29)23-35(37)41(12,13)14/h15-18,20-27,46-47H,19H2,1-14H3. The zero-order chi connectivity index (χ0) is 34.9. The Labute approximate surface area is 288 Å². The van der Waals surface area contributed by atoms with Crippen molar-refractivity contribution < 1.29 is 18.1 Å². The number of rotatable bonds is 10. The highest BCUT2D eigenvalue weighted by atomic mass is 31.1. The molecule has 0 spiro atoms. The van der Waals surface area contributed by atoms with Gasteiger partial charge in [0.1, 0.15) is 11.5 Å². The zero-order valence-electron chi connectivity index (χ0n) is 31.3. The van der Waals surface area contributed by atoms with Crippen molar-refractivity contribution in [3.05, 3.63) is 82.9 Å². The largest absolute Gasteiger partial charge is 0.449 e. The average molecular weight is 677 g/mol. The summed E-state index contributed by atoms with van der Waals surface area (Å²) in [6.07, 6.45) is 0.693. The smallest absolute Gasteiger partial charge is 0.215 e. The molecule has 4 rings (SSSR count). The van der Waals surface area contributed by atoms with Gasteiger partial charge in [0.15, 0.2) is 0 Å². The summed E-state index contributed by atoms with van der Waals surface area (Å²) in [6, 6.07) is 22.4. The molecule has 0 aliphatic heterocycles. The number of hydrogen-bond donors (Lipinski definition) is 0. The fourth-order valence-electron chi connectivity index (χ4n) is 5.69. The molecule has 0 fully saturated rings. The Morgan fingerprint density at radius 3 is 1.15 bits per heavy atom. The Hall–Kier alpha value is -2.22. The Kier molecular flexibility index (Phi) is 11.5. The lowest BCUT2D eigenvalue weighted by Gasteiger charge is -2.25. The van der Waals surface area contributed by atoms with E-state index < -0.39 is 0 Å². The Balaban J connectivity index is 1.35. The van der Waals surface area contributed by atoms with Crippen molar-refractivity contribution in [1.29, 1.82) is 0 Å². The van der Waals surface area contributed by atoms with Gasteiger partial charge in [0.25, 0.3) is 0 Å². The van der Waals surface area contributed by atoms with Crippen LogP contribution in [0.2, 0.25) is 0 Å². The lowest BCUT2D eigenvalue weighted by Crippen LogP contribution is -2.15. The van der Waals surface area contributed by atoms with Crippen LogP contribution in [0.1, 0.15) is 126 Å². The minimum absolute atomic E-state index is 0.0242. The molecule has 4 aromatic carbocycles. The summed E-state index contributed by atoms with van der Waals surface area (Å²) in [7, 11) is -0.205. The molecule has 0 radical (unpaired) electrons.